The monoisotopic (exact) mass is 266 g/mol. The topological polar surface area (TPSA) is 81.4 Å². The van der Waals surface area contributed by atoms with Crippen LogP contribution >= 0.6 is 0 Å². The molecule has 0 rings (SSSR count). The van der Waals surface area contributed by atoms with Gasteiger partial charge in [-0.25, -0.2) is 4.79 Å². The molecule has 0 aromatic heterocycles. The molecule has 0 radical (unpaired) electrons. The number of esters is 1. The van der Waals surface area contributed by atoms with Crippen LogP contribution in [0.25, 0.3) is 0 Å². The second-order valence-corrected chi connectivity index (χ2v) is 3.21. The second kappa shape index (κ2) is 7.55. The number of halogens is 3. The van der Waals surface area contributed by atoms with Crippen molar-refractivity contribution in [3.63, 3.8) is 0 Å². The first kappa shape index (κ1) is 16.2. The summed E-state index contributed by atoms with van der Waals surface area (Å²) in [6, 6.07) is 0. The number of carbonyl (C=O) groups excluding carboxylic acids is 2. The highest BCUT2D eigenvalue weighted by molar-refractivity contribution is 5.93. The minimum atomic E-state index is -5.07. The van der Waals surface area contributed by atoms with Crippen molar-refractivity contribution >= 4 is 11.9 Å². The summed E-state index contributed by atoms with van der Waals surface area (Å²) in [5.41, 5.74) is 5.18. The zero-order chi connectivity index (χ0) is 14.2. The van der Waals surface area contributed by atoms with E-state index in [4.69, 9.17) is 5.73 Å². The summed E-state index contributed by atoms with van der Waals surface area (Å²) in [4.78, 5) is 21.4. The Kier molecular flexibility index (Phi) is 6.82. The standard InChI is InChI=1S/C10H13F3N2O3/c1-7(18-9(17)10(11,12)13)3-4-8(16)15-6-2-5-14/h7H,2,5-6,14H2,1H3,(H,15,16). The van der Waals surface area contributed by atoms with Crippen molar-refractivity contribution in [2.75, 3.05) is 13.1 Å². The third-order valence-electron chi connectivity index (χ3n) is 1.57. The van der Waals surface area contributed by atoms with Crippen LogP contribution < -0.4 is 11.1 Å². The lowest BCUT2D eigenvalue weighted by Gasteiger charge is -2.08. The summed E-state index contributed by atoms with van der Waals surface area (Å²) < 4.78 is 39.4. The van der Waals surface area contributed by atoms with E-state index in [9.17, 15) is 22.8 Å². The third kappa shape index (κ3) is 7.51. The van der Waals surface area contributed by atoms with E-state index in [2.05, 4.69) is 16.0 Å². The fourth-order valence-electron chi connectivity index (χ4n) is 0.772. The van der Waals surface area contributed by atoms with Gasteiger partial charge >= 0.3 is 12.1 Å². The van der Waals surface area contributed by atoms with Crippen LogP contribution in [-0.4, -0.2) is 37.2 Å². The molecule has 0 fully saturated rings. The van der Waals surface area contributed by atoms with E-state index in [1.165, 1.54) is 0 Å². The maximum absolute atomic E-state index is 11.8. The summed E-state index contributed by atoms with van der Waals surface area (Å²) in [7, 11) is 0. The van der Waals surface area contributed by atoms with Crippen LogP contribution in [0.3, 0.4) is 0 Å². The molecule has 0 aromatic carbocycles. The van der Waals surface area contributed by atoms with Gasteiger partial charge in [0.1, 0.15) is 0 Å². The lowest BCUT2D eigenvalue weighted by Crippen LogP contribution is -2.29. The van der Waals surface area contributed by atoms with Crippen LogP contribution in [0.2, 0.25) is 0 Å². The van der Waals surface area contributed by atoms with E-state index in [1.807, 2.05) is 5.92 Å². The number of amides is 1. The predicted octanol–water partition coefficient (Wildman–Crippen LogP) is -0.0512. The van der Waals surface area contributed by atoms with Gasteiger partial charge in [0.15, 0.2) is 6.10 Å². The molecule has 0 bridgehead atoms. The van der Waals surface area contributed by atoms with Crippen molar-refractivity contribution in [1.29, 1.82) is 0 Å². The van der Waals surface area contributed by atoms with Crippen LogP contribution in [0, 0.1) is 11.8 Å². The zero-order valence-electron chi connectivity index (χ0n) is 9.63. The molecule has 1 atom stereocenters. The number of ether oxygens (including phenoxy) is 1. The average molecular weight is 266 g/mol. The second-order valence-electron chi connectivity index (χ2n) is 3.21. The maximum Gasteiger partial charge on any atom is 0.490 e. The molecule has 1 amide bonds. The molecule has 0 aliphatic carbocycles. The Morgan fingerprint density at radius 2 is 2.06 bits per heavy atom. The van der Waals surface area contributed by atoms with Crippen molar-refractivity contribution in [2.24, 2.45) is 5.73 Å². The van der Waals surface area contributed by atoms with Crippen molar-refractivity contribution in [1.82, 2.24) is 5.32 Å². The van der Waals surface area contributed by atoms with Crippen molar-refractivity contribution in [3.8, 4) is 11.8 Å². The number of hydrogen-bond acceptors (Lipinski definition) is 4. The van der Waals surface area contributed by atoms with E-state index in [0.29, 0.717) is 19.5 Å². The molecule has 0 aliphatic heterocycles. The Bertz CT molecular complexity index is 358. The van der Waals surface area contributed by atoms with E-state index in [1.54, 1.807) is 0 Å². The minimum Gasteiger partial charge on any atom is -0.443 e. The average Bonchev–Trinajstić information content (AvgIpc) is 2.25. The van der Waals surface area contributed by atoms with Gasteiger partial charge in [-0.15, -0.1) is 0 Å². The normalized spacial score (nSPS) is 12.1. The van der Waals surface area contributed by atoms with Crippen molar-refractivity contribution < 1.29 is 27.5 Å². The molecule has 0 spiro atoms. The quantitative estimate of drug-likeness (QED) is 0.424. The van der Waals surface area contributed by atoms with Gasteiger partial charge < -0.3 is 15.8 Å². The summed E-state index contributed by atoms with van der Waals surface area (Å²) in [6.45, 7) is 1.85. The molecule has 0 saturated carbocycles. The Morgan fingerprint density at radius 1 is 1.44 bits per heavy atom. The first-order valence-electron chi connectivity index (χ1n) is 5.04. The van der Waals surface area contributed by atoms with Crippen LogP contribution in [0.15, 0.2) is 0 Å². The van der Waals surface area contributed by atoms with Gasteiger partial charge in [0.25, 0.3) is 5.91 Å². The lowest BCUT2D eigenvalue weighted by molar-refractivity contribution is -0.201. The summed E-state index contributed by atoms with van der Waals surface area (Å²) >= 11 is 0. The molecule has 5 nitrogen and oxygen atoms in total. The van der Waals surface area contributed by atoms with Gasteiger partial charge in [0.05, 0.1) is 0 Å². The summed E-state index contributed by atoms with van der Waals surface area (Å²) in [5.74, 6) is 1.08. The zero-order valence-corrected chi connectivity index (χ0v) is 9.63. The molecule has 0 aromatic rings. The number of alkyl halides is 3. The van der Waals surface area contributed by atoms with Crippen molar-refractivity contribution in [3.05, 3.63) is 0 Å². The van der Waals surface area contributed by atoms with Crippen LogP contribution in [0.1, 0.15) is 13.3 Å². The van der Waals surface area contributed by atoms with E-state index in [0.717, 1.165) is 6.92 Å². The Labute approximate surface area is 102 Å². The predicted molar refractivity (Wildman–Crippen MR) is 56.1 cm³/mol. The molecule has 1 unspecified atom stereocenters. The summed E-state index contributed by atoms with van der Waals surface area (Å²) in [6.07, 6.45) is -5.83. The molecular weight excluding hydrogens is 253 g/mol. The Morgan fingerprint density at radius 3 is 2.56 bits per heavy atom. The number of rotatable bonds is 4. The summed E-state index contributed by atoms with van der Waals surface area (Å²) in [5, 5.41) is 2.37. The van der Waals surface area contributed by atoms with E-state index < -0.39 is 24.2 Å². The number of hydrogen-bond donors (Lipinski definition) is 2. The Balaban J connectivity index is 4.13. The Hall–Kier alpha value is -1.75. The highest BCUT2D eigenvalue weighted by atomic mass is 19.4. The third-order valence-corrected chi connectivity index (χ3v) is 1.57. The fourth-order valence-corrected chi connectivity index (χ4v) is 0.772. The van der Waals surface area contributed by atoms with Gasteiger partial charge in [0.2, 0.25) is 0 Å². The molecule has 3 N–H and O–H groups in total. The number of nitrogens with one attached hydrogen (secondary N) is 1. The maximum atomic E-state index is 11.8. The first-order chi connectivity index (χ1) is 8.27. The fraction of sp³-hybridized carbons (Fsp3) is 0.600. The number of nitrogens with two attached hydrogens (primary N) is 1. The van der Waals surface area contributed by atoms with Crippen LogP contribution in [0.5, 0.6) is 0 Å². The smallest absolute Gasteiger partial charge is 0.443 e. The highest BCUT2D eigenvalue weighted by Gasteiger charge is 2.41. The first-order valence-corrected chi connectivity index (χ1v) is 5.04. The molecule has 18 heavy (non-hydrogen) atoms. The van der Waals surface area contributed by atoms with Crippen LogP contribution in [0.4, 0.5) is 13.2 Å². The lowest BCUT2D eigenvalue weighted by atomic mass is 10.4. The van der Waals surface area contributed by atoms with Gasteiger partial charge in [-0.3, -0.25) is 4.79 Å². The largest absolute Gasteiger partial charge is 0.490 e. The van der Waals surface area contributed by atoms with Gasteiger partial charge in [-0.05, 0) is 31.7 Å². The molecule has 0 heterocycles. The molecule has 8 heteroatoms. The molecule has 0 aliphatic rings. The van der Waals surface area contributed by atoms with Crippen molar-refractivity contribution in [2.45, 2.75) is 25.6 Å². The molecular formula is C10H13F3N2O3. The van der Waals surface area contributed by atoms with E-state index >= 15 is 0 Å². The van der Waals surface area contributed by atoms with Gasteiger partial charge in [-0.1, -0.05) is 0 Å². The van der Waals surface area contributed by atoms with Crippen LogP contribution in [-0.2, 0) is 14.3 Å². The van der Waals surface area contributed by atoms with Gasteiger partial charge in [-0.2, -0.15) is 13.2 Å². The minimum absolute atomic E-state index is 0.320. The molecule has 0 saturated heterocycles. The van der Waals surface area contributed by atoms with E-state index in [-0.39, 0.29) is 0 Å². The van der Waals surface area contributed by atoms with Gasteiger partial charge in [0, 0.05) is 6.54 Å². The number of carbonyl (C=O) groups is 2. The SMILES string of the molecule is CC(C#CC(=O)NCCCN)OC(=O)C(F)(F)F. The molecule has 102 valence electrons. The highest BCUT2D eigenvalue weighted by Crippen LogP contribution is 2.17.